The third-order valence-electron chi connectivity index (χ3n) is 5.39. The first kappa shape index (κ1) is 24.3. The molecule has 0 fully saturated rings. The van der Waals surface area contributed by atoms with Crippen LogP contribution in [0.4, 0.5) is 5.00 Å². The Morgan fingerprint density at radius 2 is 1.81 bits per heavy atom. The number of sulfone groups is 1. The van der Waals surface area contributed by atoms with E-state index in [-0.39, 0.29) is 36.0 Å². The van der Waals surface area contributed by atoms with Crippen molar-refractivity contribution >= 4 is 38.1 Å². The molecule has 9 heteroatoms. The van der Waals surface area contributed by atoms with Gasteiger partial charge in [0.25, 0.3) is 0 Å². The number of hydrogen-bond donors (Lipinski definition) is 1. The highest BCUT2D eigenvalue weighted by atomic mass is 32.2. The molecule has 1 aliphatic carbocycles. The molecule has 0 radical (unpaired) electrons. The van der Waals surface area contributed by atoms with Gasteiger partial charge < -0.3 is 14.8 Å². The van der Waals surface area contributed by atoms with E-state index in [0.717, 1.165) is 42.5 Å². The standard InChI is InChI=1S/C23H29NO6S2/c1-3-30-23(26)21-18-8-5-4-6-9-19(18)31-22(21)24-20(25)10-7-15-32(27,28)17-13-11-16(29-2)12-14-17/h11-14H,3-10,15H2,1-2H3,(H,24,25). The normalized spacial score (nSPS) is 13.7. The zero-order valence-electron chi connectivity index (χ0n) is 18.4. The van der Waals surface area contributed by atoms with Crippen molar-refractivity contribution in [1.82, 2.24) is 0 Å². The Kier molecular flexibility index (Phi) is 8.31. The Labute approximate surface area is 193 Å². The summed E-state index contributed by atoms with van der Waals surface area (Å²) in [6.45, 7) is 2.02. The van der Waals surface area contributed by atoms with Crippen LogP contribution in [0.3, 0.4) is 0 Å². The fraction of sp³-hybridized carbons (Fsp3) is 0.478. The molecule has 1 amide bonds. The van der Waals surface area contributed by atoms with Gasteiger partial charge in [-0.05, 0) is 68.9 Å². The maximum atomic E-state index is 12.6. The van der Waals surface area contributed by atoms with Gasteiger partial charge in [0.15, 0.2) is 9.84 Å². The molecule has 0 aliphatic heterocycles. The minimum atomic E-state index is -3.50. The first-order chi connectivity index (χ1) is 15.4. The zero-order valence-corrected chi connectivity index (χ0v) is 20.1. The summed E-state index contributed by atoms with van der Waals surface area (Å²) >= 11 is 1.43. The van der Waals surface area contributed by atoms with E-state index in [1.165, 1.54) is 30.6 Å². The molecule has 3 rings (SSSR count). The number of anilines is 1. The van der Waals surface area contributed by atoms with Crippen LogP contribution in [0.2, 0.25) is 0 Å². The Bertz CT molecular complexity index is 1060. The number of methoxy groups -OCH3 is 1. The van der Waals surface area contributed by atoms with E-state index in [2.05, 4.69) is 5.32 Å². The van der Waals surface area contributed by atoms with Gasteiger partial charge >= 0.3 is 5.97 Å². The van der Waals surface area contributed by atoms with Crippen molar-refractivity contribution in [2.24, 2.45) is 0 Å². The van der Waals surface area contributed by atoms with Gasteiger partial charge in [-0.15, -0.1) is 11.3 Å². The van der Waals surface area contributed by atoms with E-state index >= 15 is 0 Å². The van der Waals surface area contributed by atoms with E-state index in [9.17, 15) is 18.0 Å². The molecular formula is C23H29NO6S2. The summed E-state index contributed by atoms with van der Waals surface area (Å²) in [7, 11) is -1.98. The van der Waals surface area contributed by atoms with Crippen LogP contribution in [-0.2, 0) is 32.2 Å². The largest absolute Gasteiger partial charge is 0.497 e. The van der Waals surface area contributed by atoms with Crippen molar-refractivity contribution in [1.29, 1.82) is 0 Å². The molecule has 32 heavy (non-hydrogen) atoms. The Morgan fingerprint density at radius 3 is 2.50 bits per heavy atom. The second-order valence-electron chi connectivity index (χ2n) is 7.64. The van der Waals surface area contributed by atoms with E-state index in [0.29, 0.717) is 16.3 Å². The minimum absolute atomic E-state index is 0.0419. The van der Waals surface area contributed by atoms with Crippen molar-refractivity contribution in [2.75, 3.05) is 24.8 Å². The number of fused-ring (bicyclic) bond motifs is 1. The average molecular weight is 480 g/mol. The van der Waals surface area contributed by atoms with Gasteiger partial charge in [0.1, 0.15) is 10.8 Å². The van der Waals surface area contributed by atoms with Crippen LogP contribution in [0, 0.1) is 0 Å². The van der Waals surface area contributed by atoms with Crippen LogP contribution < -0.4 is 10.1 Å². The third kappa shape index (κ3) is 5.89. The molecule has 1 aromatic carbocycles. The average Bonchev–Trinajstić information content (AvgIpc) is 2.94. The van der Waals surface area contributed by atoms with Crippen molar-refractivity contribution in [2.45, 2.75) is 56.8 Å². The Morgan fingerprint density at radius 1 is 1.09 bits per heavy atom. The van der Waals surface area contributed by atoms with Crippen LogP contribution in [0.25, 0.3) is 0 Å². The molecule has 0 atom stereocenters. The number of benzene rings is 1. The van der Waals surface area contributed by atoms with Crippen molar-refractivity contribution in [3.8, 4) is 5.75 Å². The van der Waals surface area contributed by atoms with E-state index in [1.807, 2.05) is 0 Å². The van der Waals surface area contributed by atoms with Crippen LogP contribution in [0.1, 0.15) is 59.8 Å². The maximum absolute atomic E-state index is 12.6. The van der Waals surface area contributed by atoms with Crippen LogP contribution >= 0.6 is 11.3 Å². The summed E-state index contributed by atoms with van der Waals surface area (Å²) in [5, 5.41) is 3.35. The summed E-state index contributed by atoms with van der Waals surface area (Å²) in [4.78, 5) is 26.5. The predicted molar refractivity (Wildman–Crippen MR) is 124 cm³/mol. The smallest absolute Gasteiger partial charge is 0.341 e. The number of ether oxygens (including phenoxy) is 2. The fourth-order valence-electron chi connectivity index (χ4n) is 3.76. The minimum Gasteiger partial charge on any atom is -0.497 e. The van der Waals surface area contributed by atoms with E-state index in [1.54, 1.807) is 19.1 Å². The van der Waals surface area contributed by atoms with Gasteiger partial charge in [-0.25, -0.2) is 13.2 Å². The van der Waals surface area contributed by atoms with E-state index in [4.69, 9.17) is 9.47 Å². The number of hydrogen-bond acceptors (Lipinski definition) is 7. The van der Waals surface area contributed by atoms with Crippen LogP contribution in [-0.4, -0.2) is 39.8 Å². The van der Waals surface area contributed by atoms with Crippen molar-refractivity contribution in [3.05, 3.63) is 40.3 Å². The van der Waals surface area contributed by atoms with Crippen molar-refractivity contribution < 1.29 is 27.5 Å². The number of aryl methyl sites for hydroxylation is 1. The summed E-state index contributed by atoms with van der Waals surface area (Å²) in [5.41, 5.74) is 1.45. The molecule has 1 heterocycles. The Balaban J connectivity index is 1.65. The number of amides is 1. The molecule has 1 N–H and O–H groups in total. The highest BCUT2D eigenvalue weighted by molar-refractivity contribution is 7.91. The highest BCUT2D eigenvalue weighted by Crippen LogP contribution is 2.38. The number of esters is 1. The second kappa shape index (κ2) is 11.0. The quantitative estimate of drug-likeness (QED) is 0.423. The van der Waals surface area contributed by atoms with Gasteiger partial charge in [0.2, 0.25) is 5.91 Å². The predicted octanol–water partition coefficient (Wildman–Crippen LogP) is 4.39. The van der Waals surface area contributed by atoms with Gasteiger partial charge in [-0.3, -0.25) is 4.79 Å². The topological polar surface area (TPSA) is 98.8 Å². The van der Waals surface area contributed by atoms with Gasteiger partial charge in [-0.1, -0.05) is 6.42 Å². The van der Waals surface area contributed by atoms with Crippen molar-refractivity contribution in [3.63, 3.8) is 0 Å². The van der Waals surface area contributed by atoms with Crippen LogP contribution in [0.5, 0.6) is 5.75 Å². The number of carbonyl (C=O) groups is 2. The third-order valence-corrected chi connectivity index (χ3v) is 8.41. The number of thiophene rings is 1. The molecule has 7 nitrogen and oxygen atoms in total. The van der Waals surface area contributed by atoms with Crippen LogP contribution in [0.15, 0.2) is 29.2 Å². The monoisotopic (exact) mass is 479 g/mol. The maximum Gasteiger partial charge on any atom is 0.341 e. The Hall–Kier alpha value is -2.39. The molecule has 1 aromatic heterocycles. The molecule has 0 spiro atoms. The molecule has 1 aliphatic rings. The second-order valence-corrected chi connectivity index (χ2v) is 10.8. The number of nitrogens with one attached hydrogen (secondary N) is 1. The molecule has 2 aromatic rings. The lowest BCUT2D eigenvalue weighted by atomic mass is 10.1. The van der Waals surface area contributed by atoms with Gasteiger partial charge in [0.05, 0.1) is 29.9 Å². The lowest BCUT2D eigenvalue weighted by Gasteiger charge is -2.09. The molecule has 0 bridgehead atoms. The zero-order chi connectivity index (χ0) is 23.1. The first-order valence-electron chi connectivity index (χ1n) is 10.8. The first-order valence-corrected chi connectivity index (χ1v) is 13.3. The summed E-state index contributed by atoms with van der Waals surface area (Å²) in [6, 6.07) is 6.19. The summed E-state index contributed by atoms with van der Waals surface area (Å²) in [5.74, 6) is -0.283. The van der Waals surface area contributed by atoms with E-state index < -0.39 is 15.8 Å². The number of rotatable bonds is 9. The number of carbonyl (C=O) groups excluding carboxylic acids is 2. The molecular weight excluding hydrogens is 450 g/mol. The molecule has 0 saturated carbocycles. The lowest BCUT2D eigenvalue weighted by molar-refractivity contribution is -0.116. The SMILES string of the molecule is CCOC(=O)c1c(NC(=O)CCCS(=O)(=O)c2ccc(OC)cc2)sc2c1CCCCC2. The molecule has 174 valence electrons. The molecule has 0 saturated heterocycles. The lowest BCUT2D eigenvalue weighted by Crippen LogP contribution is -2.16. The highest BCUT2D eigenvalue weighted by Gasteiger charge is 2.26. The van der Waals surface area contributed by atoms with Gasteiger partial charge in [-0.2, -0.15) is 0 Å². The molecule has 0 unspecified atom stereocenters. The van der Waals surface area contributed by atoms with Gasteiger partial charge in [0, 0.05) is 11.3 Å². The summed E-state index contributed by atoms with van der Waals surface area (Å²) < 4.78 is 35.3. The fourth-order valence-corrected chi connectivity index (χ4v) is 6.37. The summed E-state index contributed by atoms with van der Waals surface area (Å²) in [6.07, 6.45) is 5.10.